The van der Waals surface area contributed by atoms with E-state index >= 15 is 0 Å². The fourth-order valence-electron chi connectivity index (χ4n) is 3.99. The Balaban J connectivity index is 1.47. The molecule has 0 aliphatic carbocycles. The zero-order chi connectivity index (χ0) is 22.8. The Morgan fingerprint density at radius 3 is 2.85 bits per heavy atom. The van der Waals surface area contributed by atoms with E-state index in [1.165, 1.54) is 0 Å². The van der Waals surface area contributed by atoms with E-state index < -0.39 is 0 Å². The number of imidazole rings is 1. The number of benzene rings is 1. The molecule has 1 saturated heterocycles. The van der Waals surface area contributed by atoms with E-state index in [0.717, 1.165) is 41.4 Å². The minimum Gasteiger partial charge on any atom is -0.443 e. The Bertz CT molecular complexity index is 1240. The monoisotopic (exact) mass is 447 g/mol. The van der Waals surface area contributed by atoms with E-state index in [1.54, 1.807) is 4.52 Å². The maximum Gasteiger partial charge on any atom is 0.323 e. The van der Waals surface area contributed by atoms with Gasteiger partial charge in [-0.3, -0.25) is 5.32 Å². The molecule has 0 unspecified atom stereocenters. The minimum absolute atomic E-state index is 0.176. The Hall–Kier alpha value is -3.50. The molecule has 4 aromatic rings. The summed E-state index contributed by atoms with van der Waals surface area (Å²) in [4.78, 5) is 13.7. The lowest BCUT2D eigenvalue weighted by Crippen LogP contribution is -2.51. The van der Waals surface area contributed by atoms with Gasteiger partial charge in [0.05, 0.1) is 11.9 Å². The number of aromatic nitrogens is 6. The summed E-state index contributed by atoms with van der Waals surface area (Å²) in [5.74, 6) is 1.80. The van der Waals surface area contributed by atoms with Crippen LogP contribution < -0.4 is 20.7 Å². The Labute approximate surface area is 192 Å². The van der Waals surface area contributed by atoms with Gasteiger partial charge in [0, 0.05) is 44.1 Å². The number of para-hydroxylation sites is 1. The summed E-state index contributed by atoms with van der Waals surface area (Å²) in [6.07, 6.45) is 5.45. The molecular formula is C23H29N9O. The van der Waals surface area contributed by atoms with E-state index in [4.69, 9.17) is 4.74 Å². The molecule has 172 valence electrons. The second-order valence-corrected chi connectivity index (χ2v) is 8.41. The molecular weight excluding hydrogens is 418 g/mol. The van der Waals surface area contributed by atoms with Gasteiger partial charge < -0.3 is 19.9 Å². The van der Waals surface area contributed by atoms with Crippen molar-refractivity contribution in [1.29, 1.82) is 0 Å². The van der Waals surface area contributed by atoms with Crippen LogP contribution in [0.2, 0.25) is 0 Å². The maximum atomic E-state index is 6.07. The standard InChI is InChI=1S/C23H29N9O/c1-15(2)18-13-28-32-21(18)29-23(33-20-14-24-8-9-26-20)30-22(32)27-12-17-6-4-5-7-19(17)31-11-10-25-16(31)3/h4-7,10-11,13,15,20,24,26H,8-9,12,14H2,1-3H3,(H,27,29,30)/t20-/m1/s1. The van der Waals surface area contributed by atoms with Crippen LogP contribution in [0.3, 0.4) is 0 Å². The highest BCUT2D eigenvalue weighted by Gasteiger charge is 2.20. The van der Waals surface area contributed by atoms with E-state index in [1.807, 2.05) is 37.6 Å². The van der Waals surface area contributed by atoms with E-state index in [2.05, 4.69) is 66.5 Å². The highest BCUT2D eigenvalue weighted by Crippen LogP contribution is 2.24. The van der Waals surface area contributed by atoms with Gasteiger partial charge in [-0.2, -0.15) is 19.6 Å². The lowest BCUT2D eigenvalue weighted by Gasteiger charge is -2.24. The molecule has 1 atom stereocenters. The van der Waals surface area contributed by atoms with Gasteiger partial charge in [0.1, 0.15) is 5.82 Å². The Morgan fingerprint density at radius 1 is 1.21 bits per heavy atom. The third-order valence-electron chi connectivity index (χ3n) is 5.76. The fourth-order valence-corrected chi connectivity index (χ4v) is 3.99. The van der Waals surface area contributed by atoms with Crippen LogP contribution in [0.15, 0.2) is 42.9 Å². The first-order chi connectivity index (χ1) is 16.1. The molecule has 10 nitrogen and oxygen atoms in total. The van der Waals surface area contributed by atoms with Crippen LogP contribution in [-0.4, -0.2) is 55.0 Å². The largest absolute Gasteiger partial charge is 0.443 e. The summed E-state index contributed by atoms with van der Waals surface area (Å²) in [7, 11) is 0. The third kappa shape index (κ3) is 4.39. The third-order valence-corrected chi connectivity index (χ3v) is 5.76. The van der Waals surface area contributed by atoms with E-state index in [9.17, 15) is 0 Å². The predicted octanol–water partition coefficient (Wildman–Crippen LogP) is 2.25. The molecule has 3 aromatic heterocycles. The molecule has 0 amide bonds. The first-order valence-electron chi connectivity index (χ1n) is 11.3. The first-order valence-corrected chi connectivity index (χ1v) is 11.3. The number of hydrogen-bond donors (Lipinski definition) is 3. The van der Waals surface area contributed by atoms with Crippen molar-refractivity contribution in [2.24, 2.45) is 0 Å². The molecule has 33 heavy (non-hydrogen) atoms. The van der Waals surface area contributed by atoms with Crippen LogP contribution in [-0.2, 0) is 6.54 Å². The number of nitrogens with one attached hydrogen (secondary N) is 3. The zero-order valence-electron chi connectivity index (χ0n) is 19.1. The molecule has 1 fully saturated rings. The zero-order valence-corrected chi connectivity index (χ0v) is 19.1. The number of hydrogen-bond acceptors (Lipinski definition) is 8. The van der Waals surface area contributed by atoms with Crippen LogP contribution in [0.25, 0.3) is 11.3 Å². The van der Waals surface area contributed by atoms with Gasteiger partial charge in [-0.25, -0.2) is 4.98 Å². The summed E-state index contributed by atoms with van der Waals surface area (Å²) >= 11 is 0. The van der Waals surface area contributed by atoms with Crippen molar-refractivity contribution < 1.29 is 4.74 Å². The number of aryl methyl sites for hydroxylation is 1. The number of rotatable bonds is 7. The number of ether oxygens (including phenoxy) is 1. The fraction of sp³-hybridized carbons (Fsp3) is 0.391. The minimum atomic E-state index is -0.176. The van der Waals surface area contributed by atoms with Crippen LogP contribution in [0.1, 0.15) is 36.7 Å². The van der Waals surface area contributed by atoms with Crippen LogP contribution in [0.5, 0.6) is 6.01 Å². The van der Waals surface area contributed by atoms with Crippen molar-refractivity contribution in [1.82, 2.24) is 39.8 Å². The molecule has 0 radical (unpaired) electrons. The number of anilines is 1. The average Bonchev–Trinajstić information content (AvgIpc) is 3.44. The molecule has 1 aliphatic rings. The molecule has 0 bridgehead atoms. The summed E-state index contributed by atoms with van der Waals surface area (Å²) < 4.78 is 9.90. The smallest absolute Gasteiger partial charge is 0.323 e. The molecule has 1 aromatic carbocycles. The van der Waals surface area contributed by atoms with Gasteiger partial charge in [0.25, 0.3) is 0 Å². The van der Waals surface area contributed by atoms with Crippen molar-refractivity contribution in [3.8, 4) is 11.7 Å². The molecule has 0 spiro atoms. The topological polar surface area (TPSA) is 106 Å². The first kappa shape index (κ1) is 21.4. The van der Waals surface area contributed by atoms with Gasteiger partial charge in [-0.15, -0.1) is 0 Å². The molecule has 3 N–H and O–H groups in total. The van der Waals surface area contributed by atoms with Gasteiger partial charge in [0.15, 0.2) is 11.9 Å². The molecule has 4 heterocycles. The Morgan fingerprint density at radius 2 is 2.09 bits per heavy atom. The predicted molar refractivity (Wildman–Crippen MR) is 126 cm³/mol. The van der Waals surface area contributed by atoms with Gasteiger partial charge >= 0.3 is 6.01 Å². The molecule has 0 saturated carbocycles. The maximum absolute atomic E-state index is 6.07. The summed E-state index contributed by atoms with van der Waals surface area (Å²) in [5, 5.41) is 14.7. The van der Waals surface area contributed by atoms with Crippen molar-refractivity contribution in [3.63, 3.8) is 0 Å². The highest BCUT2D eigenvalue weighted by molar-refractivity contribution is 5.53. The van der Waals surface area contributed by atoms with E-state index in [-0.39, 0.29) is 12.1 Å². The summed E-state index contributed by atoms with van der Waals surface area (Å²) in [5.41, 5.74) is 3.99. The lowest BCUT2D eigenvalue weighted by atomic mass is 10.1. The molecule has 5 rings (SSSR count). The molecule has 1 aliphatic heterocycles. The second-order valence-electron chi connectivity index (χ2n) is 8.41. The van der Waals surface area contributed by atoms with E-state index in [0.29, 0.717) is 25.0 Å². The van der Waals surface area contributed by atoms with Gasteiger partial charge in [0.2, 0.25) is 5.95 Å². The van der Waals surface area contributed by atoms with Crippen molar-refractivity contribution in [2.45, 2.75) is 39.5 Å². The normalized spacial score (nSPS) is 16.4. The van der Waals surface area contributed by atoms with Gasteiger partial charge in [-0.1, -0.05) is 32.0 Å². The number of fused-ring (bicyclic) bond motifs is 1. The SMILES string of the molecule is Cc1nccn1-c1ccccc1CNc1nc(O[C@@H]2CNCCN2)nc2c(C(C)C)cnn12. The van der Waals surface area contributed by atoms with Crippen molar-refractivity contribution in [3.05, 3.63) is 59.8 Å². The highest BCUT2D eigenvalue weighted by atomic mass is 16.5. The van der Waals surface area contributed by atoms with Crippen LogP contribution in [0.4, 0.5) is 5.95 Å². The van der Waals surface area contributed by atoms with Crippen LogP contribution >= 0.6 is 0 Å². The quantitative estimate of drug-likeness (QED) is 0.396. The van der Waals surface area contributed by atoms with Crippen LogP contribution in [0, 0.1) is 6.92 Å². The van der Waals surface area contributed by atoms with Gasteiger partial charge in [-0.05, 0) is 24.5 Å². The summed E-state index contributed by atoms with van der Waals surface area (Å²) in [6.45, 7) is 9.26. The number of piperazine rings is 1. The summed E-state index contributed by atoms with van der Waals surface area (Å²) in [6, 6.07) is 8.57. The van der Waals surface area contributed by atoms with Crippen molar-refractivity contribution in [2.75, 3.05) is 25.0 Å². The average molecular weight is 448 g/mol. The van der Waals surface area contributed by atoms with Crippen molar-refractivity contribution >= 4 is 11.6 Å². The second kappa shape index (κ2) is 9.16. The molecule has 10 heteroatoms. The number of nitrogens with zero attached hydrogens (tertiary/aromatic N) is 6. The lowest BCUT2D eigenvalue weighted by molar-refractivity contribution is 0.132. The Kier molecular flexibility index (Phi) is 5.93.